The molecule has 132 valence electrons. The van der Waals surface area contributed by atoms with Crippen molar-refractivity contribution in [3.63, 3.8) is 0 Å². The van der Waals surface area contributed by atoms with E-state index in [-0.39, 0.29) is 6.03 Å². The number of rotatable bonds is 5. The largest absolute Gasteiger partial charge is 0.338 e. The summed E-state index contributed by atoms with van der Waals surface area (Å²) in [6.45, 7) is 1.58. The normalized spacial score (nSPS) is 12.6. The Balaban J connectivity index is 1.40. The molecule has 2 N–H and O–H groups in total. The second kappa shape index (κ2) is 7.66. The molecule has 2 heterocycles. The predicted octanol–water partition coefficient (Wildman–Crippen LogP) is 4.02. The third kappa shape index (κ3) is 3.75. The molecule has 0 aliphatic carbocycles. The van der Waals surface area contributed by atoms with Crippen LogP contribution in [0.25, 0.3) is 11.3 Å². The van der Waals surface area contributed by atoms with Crippen LogP contribution < -0.4 is 10.6 Å². The third-order valence-corrected chi connectivity index (χ3v) is 5.27. The van der Waals surface area contributed by atoms with E-state index >= 15 is 0 Å². The number of aryl methyl sites for hydroxylation is 1. The van der Waals surface area contributed by atoms with E-state index in [2.05, 4.69) is 38.5 Å². The molecule has 1 aromatic heterocycles. The van der Waals surface area contributed by atoms with Crippen molar-refractivity contribution in [3.8, 4) is 11.3 Å². The lowest BCUT2D eigenvalue weighted by Crippen LogP contribution is -2.30. The summed E-state index contributed by atoms with van der Waals surface area (Å²) in [4.78, 5) is 17.0. The average molecular weight is 364 g/mol. The fourth-order valence-corrected chi connectivity index (χ4v) is 3.93. The van der Waals surface area contributed by atoms with Gasteiger partial charge in [0, 0.05) is 30.6 Å². The van der Waals surface area contributed by atoms with E-state index in [1.807, 2.05) is 42.5 Å². The number of aromatic nitrogens is 2. The minimum Gasteiger partial charge on any atom is -0.338 e. The molecule has 0 radical (unpaired) electrons. The molecule has 0 fully saturated rings. The maximum atomic E-state index is 12.3. The van der Waals surface area contributed by atoms with Gasteiger partial charge in [0.1, 0.15) is 0 Å². The molecule has 1 aliphatic heterocycles. The summed E-state index contributed by atoms with van der Waals surface area (Å²) >= 11 is 1.76. The highest BCUT2D eigenvalue weighted by Crippen LogP contribution is 2.32. The van der Waals surface area contributed by atoms with Crippen LogP contribution >= 0.6 is 11.8 Å². The molecule has 6 heteroatoms. The Morgan fingerprint density at radius 1 is 1.12 bits per heavy atom. The molecule has 1 aliphatic rings. The van der Waals surface area contributed by atoms with Crippen molar-refractivity contribution in [2.45, 2.75) is 18.1 Å². The van der Waals surface area contributed by atoms with Crippen LogP contribution in [0.1, 0.15) is 5.56 Å². The Bertz CT molecular complexity index is 886. The van der Waals surface area contributed by atoms with Crippen molar-refractivity contribution in [2.24, 2.45) is 0 Å². The Kier molecular flexibility index (Phi) is 4.93. The summed E-state index contributed by atoms with van der Waals surface area (Å²) in [5, 5.41) is 6.92. The van der Waals surface area contributed by atoms with Gasteiger partial charge < -0.3 is 15.2 Å². The highest BCUT2D eigenvalue weighted by Gasteiger charge is 2.17. The van der Waals surface area contributed by atoms with Gasteiger partial charge in [0.2, 0.25) is 0 Å². The van der Waals surface area contributed by atoms with Crippen molar-refractivity contribution < 1.29 is 4.79 Å². The minimum absolute atomic E-state index is 0.200. The Labute approximate surface area is 156 Å². The van der Waals surface area contributed by atoms with E-state index in [9.17, 15) is 4.79 Å². The predicted molar refractivity (Wildman–Crippen MR) is 106 cm³/mol. The van der Waals surface area contributed by atoms with Crippen molar-refractivity contribution in [1.29, 1.82) is 0 Å². The van der Waals surface area contributed by atoms with Crippen LogP contribution in [0.15, 0.2) is 66.0 Å². The van der Waals surface area contributed by atoms with E-state index < -0.39 is 0 Å². The van der Waals surface area contributed by atoms with Gasteiger partial charge in [0.05, 0.1) is 11.4 Å². The minimum atomic E-state index is -0.200. The molecular formula is C20H20N4OS. The van der Waals surface area contributed by atoms with E-state index in [0.29, 0.717) is 6.54 Å². The van der Waals surface area contributed by atoms with Crippen molar-refractivity contribution in [3.05, 3.63) is 66.4 Å². The number of hydrogen-bond donors (Lipinski definition) is 2. The lowest BCUT2D eigenvalue weighted by atomic mass is 10.1. The number of hydrogen-bond acceptors (Lipinski definition) is 3. The van der Waals surface area contributed by atoms with Gasteiger partial charge in [-0.3, -0.25) is 0 Å². The smallest absolute Gasteiger partial charge is 0.319 e. The number of thioether (sulfide) groups is 1. The highest BCUT2D eigenvalue weighted by molar-refractivity contribution is 7.99. The number of nitrogens with one attached hydrogen (secondary N) is 2. The van der Waals surface area contributed by atoms with Crippen LogP contribution in [0.4, 0.5) is 10.5 Å². The van der Waals surface area contributed by atoms with E-state index in [1.54, 1.807) is 11.8 Å². The van der Waals surface area contributed by atoms with E-state index in [0.717, 1.165) is 40.8 Å². The third-order valence-electron chi connectivity index (χ3n) is 4.30. The zero-order chi connectivity index (χ0) is 17.8. The van der Waals surface area contributed by atoms with Crippen molar-refractivity contribution in [2.75, 3.05) is 17.6 Å². The molecule has 2 aromatic carbocycles. The van der Waals surface area contributed by atoms with Crippen LogP contribution in [-0.2, 0) is 13.0 Å². The quantitative estimate of drug-likeness (QED) is 0.719. The van der Waals surface area contributed by atoms with Gasteiger partial charge in [0.15, 0.2) is 5.16 Å². The van der Waals surface area contributed by atoms with Gasteiger partial charge >= 0.3 is 6.03 Å². The van der Waals surface area contributed by atoms with E-state index in [4.69, 9.17) is 0 Å². The van der Waals surface area contributed by atoms with Gasteiger partial charge in [-0.05, 0) is 18.1 Å². The van der Waals surface area contributed by atoms with Crippen LogP contribution in [0, 0.1) is 0 Å². The molecule has 3 aromatic rings. The fraction of sp³-hybridized carbons (Fsp3) is 0.200. The maximum absolute atomic E-state index is 12.3. The lowest BCUT2D eigenvalue weighted by Gasteiger charge is -2.11. The first kappa shape index (κ1) is 16.7. The zero-order valence-electron chi connectivity index (χ0n) is 14.3. The highest BCUT2D eigenvalue weighted by atomic mass is 32.2. The van der Waals surface area contributed by atoms with Gasteiger partial charge in [-0.15, -0.1) is 0 Å². The SMILES string of the molecule is O=C(NCCc1ccccc1)Nc1ccccc1-c1cn2c(n1)SCC2. The fourth-order valence-electron chi connectivity index (χ4n) is 2.99. The van der Waals surface area contributed by atoms with Crippen LogP contribution in [0.2, 0.25) is 0 Å². The topological polar surface area (TPSA) is 59.0 Å². The molecule has 2 amide bonds. The number of fused-ring (bicyclic) bond motifs is 1. The maximum Gasteiger partial charge on any atom is 0.319 e. The lowest BCUT2D eigenvalue weighted by molar-refractivity contribution is 0.252. The van der Waals surface area contributed by atoms with Crippen LogP contribution in [0.3, 0.4) is 0 Å². The molecule has 4 rings (SSSR count). The number of imidazole rings is 1. The summed E-state index contributed by atoms with van der Waals surface area (Å²) in [7, 11) is 0. The standard InChI is InChI=1S/C20H20N4OS/c25-19(21-11-10-15-6-2-1-3-7-15)22-17-9-5-4-8-16(17)18-14-24-12-13-26-20(24)23-18/h1-9,14H,10-13H2,(H2,21,22,25). The van der Waals surface area contributed by atoms with Gasteiger partial charge in [-0.25, -0.2) is 9.78 Å². The second-order valence-corrected chi connectivity index (χ2v) is 7.17. The molecular weight excluding hydrogens is 344 g/mol. The van der Waals surface area contributed by atoms with Gasteiger partial charge in [-0.1, -0.05) is 60.3 Å². The molecule has 0 spiro atoms. The number of amides is 2. The number of carbonyl (C=O) groups is 1. The van der Waals surface area contributed by atoms with Crippen molar-refractivity contribution in [1.82, 2.24) is 14.9 Å². The van der Waals surface area contributed by atoms with Crippen LogP contribution in [-0.4, -0.2) is 27.9 Å². The Morgan fingerprint density at radius 3 is 2.77 bits per heavy atom. The molecule has 0 atom stereocenters. The van der Waals surface area contributed by atoms with Crippen molar-refractivity contribution >= 4 is 23.5 Å². The monoisotopic (exact) mass is 364 g/mol. The van der Waals surface area contributed by atoms with Gasteiger partial charge in [-0.2, -0.15) is 0 Å². The molecule has 0 unspecified atom stereocenters. The number of nitrogens with zero attached hydrogens (tertiary/aromatic N) is 2. The first-order valence-electron chi connectivity index (χ1n) is 8.68. The molecule has 0 bridgehead atoms. The number of benzene rings is 2. The Morgan fingerprint density at radius 2 is 1.92 bits per heavy atom. The molecule has 26 heavy (non-hydrogen) atoms. The molecule has 0 saturated heterocycles. The number of para-hydroxylation sites is 1. The summed E-state index contributed by atoms with van der Waals surface area (Å²) in [6, 6.07) is 17.7. The van der Waals surface area contributed by atoms with Gasteiger partial charge in [0.25, 0.3) is 0 Å². The first-order valence-corrected chi connectivity index (χ1v) is 9.66. The number of urea groups is 1. The second-order valence-electron chi connectivity index (χ2n) is 6.11. The average Bonchev–Trinajstić information content (AvgIpc) is 3.25. The molecule has 5 nitrogen and oxygen atoms in total. The summed E-state index contributed by atoms with van der Waals surface area (Å²) in [6.07, 6.45) is 2.87. The Hall–Kier alpha value is -2.73. The van der Waals surface area contributed by atoms with E-state index in [1.165, 1.54) is 5.56 Å². The number of carbonyl (C=O) groups excluding carboxylic acids is 1. The number of anilines is 1. The molecule has 0 saturated carbocycles. The first-order chi connectivity index (χ1) is 12.8. The summed E-state index contributed by atoms with van der Waals surface area (Å²) in [5.41, 5.74) is 3.81. The summed E-state index contributed by atoms with van der Waals surface area (Å²) < 4.78 is 2.16. The van der Waals surface area contributed by atoms with Crippen LogP contribution in [0.5, 0.6) is 0 Å². The summed E-state index contributed by atoms with van der Waals surface area (Å²) in [5.74, 6) is 1.08. The zero-order valence-corrected chi connectivity index (χ0v) is 15.1.